The second-order valence-electron chi connectivity index (χ2n) is 8.65. The van der Waals surface area contributed by atoms with Crippen molar-refractivity contribution in [2.45, 2.75) is 17.2 Å². The van der Waals surface area contributed by atoms with E-state index in [1.54, 1.807) is 19.2 Å². The summed E-state index contributed by atoms with van der Waals surface area (Å²) in [6, 6.07) is 7.81. The minimum Gasteiger partial charge on any atom is -0.493 e. The number of hydrogen-bond donors (Lipinski definition) is 2. The lowest BCUT2D eigenvalue weighted by molar-refractivity contribution is -0.116. The molecule has 2 aliphatic heterocycles. The Kier molecular flexibility index (Phi) is 6.75. The molecule has 1 amide bonds. The highest BCUT2D eigenvalue weighted by molar-refractivity contribution is 7.89. The lowest BCUT2D eigenvalue weighted by Gasteiger charge is -2.26. The number of carbonyl (C=O) groups is 1. The van der Waals surface area contributed by atoms with E-state index >= 15 is 0 Å². The van der Waals surface area contributed by atoms with Crippen LogP contribution in [-0.4, -0.2) is 75.8 Å². The highest BCUT2D eigenvalue weighted by Crippen LogP contribution is 2.41. The molecule has 1 unspecified atom stereocenters. The van der Waals surface area contributed by atoms with Crippen LogP contribution in [0.4, 0.5) is 5.69 Å². The Balaban J connectivity index is 1.43. The highest BCUT2D eigenvalue weighted by Gasteiger charge is 2.35. The van der Waals surface area contributed by atoms with Gasteiger partial charge in [0.25, 0.3) is 0 Å². The SMILES string of the molecule is COc1cc2c(C3C(=O)Nc4ccc(S(N)(=O)=O)cc43)ncnc2cc1OCCCN1CCOCC1. The fourth-order valence-electron chi connectivity index (χ4n) is 4.57. The number of amides is 1. The predicted octanol–water partition coefficient (Wildman–Crippen LogP) is 1.47. The van der Waals surface area contributed by atoms with Crippen LogP contribution in [0.1, 0.15) is 23.6 Å². The lowest BCUT2D eigenvalue weighted by atomic mass is 9.94. The molecule has 11 nitrogen and oxygen atoms in total. The zero-order valence-electron chi connectivity index (χ0n) is 19.8. The van der Waals surface area contributed by atoms with E-state index in [4.69, 9.17) is 19.3 Å². The van der Waals surface area contributed by atoms with Crippen LogP contribution in [0.15, 0.2) is 41.6 Å². The molecule has 5 rings (SSSR count). The van der Waals surface area contributed by atoms with E-state index in [1.807, 2.05) is 0 Å². The Morgan fingerprint density at radius 1 is 1.17 bits per heavy atom. The highest BCUT2D eigenvalue weighted by atomic mass is 32.2. The maximum absolute atomic E-state index is 12.9. The van der Waals surface area contributed by atoms with Crippen molar-refractivity contribution in [1.82, 2.24) is 14.9 Å². The van der Waals surface area contributed by atoms with Gasteiger partial charge in [-0.2, -0.15) is 0 Å². The Hall–Kier alpha value is -3.32. The predicted molar refractivity (Wildman–Crippen MR) is 132 cm³/mol. The van der Waals surface area contributed by atoms with Gasteiger partial charge in [-0.15, -0.1) is 0 Å². The number of nitrogens with one attached hydrogen (secondary N) is 1. The molecule has 3 aromatic rings. The molecule has 0 radical (unpaired) electrons. The van der Waals surface area contributed by atoms with Gasteiger partial charge in [0.05, 0.1) is 43.0 Å². The quantitative estimate of drug-likeness (QED) is 0.428. The van der Waals surface area contributed by atoms with Gasteiger partial charge in [0, 0.05) is 36.8 Å². The molecule has 1 saturated heterocycles. The number of carbonyl (C=O) groups excluding carboxylic acids is 1. The van der Waals surface area contributed by atoms with Gasteiger partial charge in [-0.1, -0.05) is 0 Å². The third kappa shape index (κ3) is 4.85. The fraction of sp³-hybridized carbons (Fsp3) is 0.375. The summed E-state index contributed by atoms with van der Waals surface area (Å²) in [6.07, 6.45) is 2.22. The van der Waals surface area contributed by atoms with Crippen molar-refractivity contribution in [2.24, 2.45) is 5.14 Å². The van der Waals surface area contributed by atoms with Crippen LogP contribution in [0.25, 0.3) is 10.9 Å². The van der Waals surface area contributed by atoms with E-state index < -0.39 is 15.9 Å². The van der Waals surface area contributed by atoms with E-state index in [-0.39, 0.29) is 10.8 Å². The zero-order chi connectivity index (χ0) is 25.3. The van der Waals surface area contributed by atoms with Crippen LogP contribution in [0.5, 0.6) is 11.5 Å². The Morgan fingerprint density at radius 2 is 1.97 bits per heavy atom. The molecule has 1 atom stereocenters. The van der Waals surface area contributed by atoms with Crippen LogP contribution in [0.2, 0.25) is 0 Å². The summed E-state index contributed by atoms with van der Waals surface area (Å²) < 4.78 is 40.8. The number of morpholine rings is 1. The van der Waals surface area contributed by atoms with Crippen LogP contribution >= 0.6 is 0 Å². The van der Waals surface area contributed by atoms with Crippen LogP contribution in [-0.2, 0) is 19.6 Å². The second kappa shape index (κ2) is 9.97. The minimum absolute atomic E-state index is 0.0774. The number of nitrogens with two attached hydrogens (primary N) is 1. The van der Waals surface area contributed by atoms with Gasteiger partial charge in [-0.3, -0.25) is 9.69 Å². The number of benzene rings is 2. The van der Waals surface area contributed by atoms with Gasteiger partial charge in [0.1, 0.15) is 12.2 Å². The molecule has 12 heteroatoms. The average molecular weight is 514 g/mol. The molecular formula is C24H27N5O6S. The normalized spacial score (nSPS) is 18.2. The van der Waals surface area contributed by atoms with Gasteiger partial charge in [0.2, 0.25) is 15.9 Å². The summed E-state index contributed by atoms with van der Waals surface area (Å²) in [5.74, 6) is -0.123. The van der Waals surface area contributed by atoms with Crippen LogP contribution in [0.3, 0.4) is 0 Å². The summed E-state index contributed by atoms with van der Waals surface area (Å²) in [5.41, 5.74) is 2.00. The van der Waals surface area contributed by atoms with E-state index in [0.29, 0.717) is 46.0 Å². The number of ether oxygens (including phenoxy) is 3. The Bertz CT molecular complexity index is 1410. The molecule has 3 heterocycles. The number of rotatable bonds is 8. The molecule has 0 saturated carbocycles. The molecule has 2 aliphatic rings. The second-order valence-corrected chi connectivity index (χ2v) is 10.2. The minimum atomic E-state index is -3.94. The van der Waals surface area contributed by atoms with E-state index in [2.05, 4.69) is 20.2 Å². The van der Waals surface area contributed by atoms with Crippen molar-refractivity contribution >= 4 is 32.5 Å². The van der Waals surface area contributed by atoms with Crippen LogP contribution < -0.4 is 19.9 Å². The number of hydrogen-bond acceptors (Lipinski definition) is 9. The molecule has 1 fully saturated rings. The van der Waals surface area contributed by atoms with Crippen molar-refractivity contribution in [3.05, 3.63) is 47.9 Å². The number of fused-ring (bicyclic) bond motifs is 2. The third-order valence-electron chi connectivity index (χ3n) is 6.39. The zero-order valence-corrected chi connectivity index (χ0v) is 20.6. The standard InChI is InChI=1S/C24H27N5O6S/c1-33-20-12-17-19(13-21(20)35-8-2-5-29-6-9-34-10-7-29)26-14-27-23(17)22-16-11-15(36(25,31)32)3-4-18(16)28-24(22)30/h3-4,11-14,22H,2,5-10H2,1H3,(H,28,30)(H2,25,31,32). The van der Waals surface area contributed by atoms with Crippen LogP contribution in [0, 0.1) is 0 Å². The maximum Gasteiger partial charge on any atom is 0.238 e. The van der Waals surface area contributed by atoms with Gasteiger partial charge < -0.3 is 19.5 Å². The number of aromatic nitrogens is 2. The lowest BCUT2D eigenvalue weighted by Crippen LogP contribution is -2.37. The first-order chi connectivity index (χ1) is 17.3. The summed E-state index contributed by atoms with van der Waals surface area (Å²) in [6.45, 7) is 4.79. The van der Waals surface area contributed by atoms with Crippen molar-refractivity contribution in [1.29, 1.82) is 0 Å². The first kappa shape index (κ1) is 24.4. The largest absolute Gasteiger partial charge is 0.493 e. The first-order valence-electron chi connectivity index (χ1n) is 11.6. The first-order valence-corrected chi connectivity index (χ1v) is 13.1. The summed E-state index contributed by atoms with van der Waals surface area (Å²) in [4.78, 5) is 24.0. The van der Waals surface area contributed by atoms with Gasteiger partial charge in [-0.05, 0) is 36.2 Å². The van der Waals surface area contributed by atoms with E-state index in [1.165, 1.54) is 24.5 Å². The van der Waals surface area contributed by atoms with Crippen molar-refractivity contribution in [3.8, 4) is 11.5 Å². The van der Waals surface area contributed by atoms with Crippen molar-refractivity contribution in [3.63, 3.8) is 0 Å². The molecule has 36 heavy (non-hydrogen) atoms. The molecular weight excluding hydrogens is 486 g/mol. The molecule has 0 spiro atoms. The number of sulfonamides is 1. The Morgan fingerprint density at radius 3 is 2.72 bits per heavy atom. The summed E-state index contributed by atoms with van der Waals surface area (Å²) >= 11 is 0. The number of nitrogens with zero attached hydrogens (tertiary/aromatic N) is 3. The Labute approximate surface area is 208 Å². The molecule has 0 aliphatic carbocycles. The van der Waals surface area contributed by atoms with Gasteiger partial charge in [0.15, 0.2) is 11.5 Å². The molecule has 2 aromatic carbocycles. The third-order valence-corrected chi connectivity index (χ3v) is 7.30. The van der Waals surface area contributed by atoms with Crippen molar-refractivity contribution < 1.29 is 27.4 Å². The fourth-order valence-corrected chi connectivity index (χ4v) is 5.12. The monoisotopic (exact) mass is 513 g/mol. The van der Waals surface area contributed by atoms with Crippen molar-refractivity contribution in [2.75, 3.05) is 51.9 Å². The smallest absolute Gasteiger partial charge is 0.238 e. The van der Waals surface area contributed by atoms with Gasteiger partial charge >= 0.3 is 0 Å². The number of anilines is 1. The molecule has 3 N–H and O–H groups in total. The van der Waals surface area contributed by atoms with E-state index in [9.17, 15) is 13.2 Å². The maximum atomic E-state index is 12.9. The number of methoxy groups -OCH3 is 1. The molecule has 190 valence electrons. The molecule has 1 aromatic heterocycles. The average Bonchev–Trinajstić information content (AvgIpc) is 3.20. The summed E-state index contributed by atoms with van der Waals surface area (Å²) in [7, 11) is -2.40. The topological polar surface area (TPSA) is 146 Å². The number of primary sulfonamides is 1. The van der Waals surface area contributed by atoms with Gasteiger partial charge in [-0.25, -0.2) is 23.5 Å². The van der Waals surface area contributed by atoms with E-state index in [0.717, 1.165) is 39.3 Å². The summed E-state index contributed by atoms with van der Waals surface area (Å²) in [5, 5.41) is 8.70. The molecule has 0 bridgehead atoms.